The zero-order chi connectivity index (χ0) is 17.8. The van der Waals surface area contributed by atoms with E-state index in [0.717, 1.165) is 18.7 Å². The van der Waals surface area contributed by atoms with E-state index in [0.29, 0.717) is 24.4 Å². The van der Waals surface area contributed by atoms with Gasteiger partial charge in [0.15, 0.2) is 0 Å². The Morgan fingerprint density at radius 3 is 2.48 bits per heavy atom. The molecule has 1 fully saturated rings. The molecule has 2 aromatic carbocycles. The van der Waals surface area contributed by atoms with Gasteiger partial charge in [-0.3, -0.25) is 9.69 Å². The number of ether oxygens (including phenoxy) is 1. The highest BCUT2D eigenvalue weighted by atomic mass is 19.1. The fourth-order valence-corrected chi connectivity index (χ4v) is 3.28. The Morgan fingerprint density at radius 1 is 1.08 bits per heavy atom. The molecule has 3 rings (SSSR count). The van der Waals surface area contributed by atoms with Crippen molar-refractivity contribution in [1.29, 1.82) is 0 Å². The summed E-state index contributed by atoms with van der Waals surface area (Å²) in [5.74, 6) is 0.382. The molecule has 1 aliphatic heterocycles. The van der Waals surface area contributed by atoms with Gasteiger partial charge in [-0.05, 0) is 36.8 Å². The molecule has 25 heavy (non-hydrogen) atoms. The smallest absolute Gasteiger partial charge is 0.257 e. The minimum Gasteiger partial charge on any atom is -0.496 e. The highest BCUT2D eigenvalue weighted by molar-refractivity contribution is 5.97. The van der Waals surface area contributed by atoms with E-state index >= 15 is 0 Å². The Bertz CT molecular complexity index is 742. The second-order valence-corrected chi connectivity index (χ2v) is 6.26. The van der Waals surface area contributed by atoms with Crippen molar-refractivity contribution in [3.05, 3.63) is 65.5 Å². The maximum absolute atomic E-state index is 13.4. The number of carbonyl (C=O) groups is 1. The monoisotopic (exact) mass is 342 g/mol. The molecule has 0 aromatic heterocycles. The first kappa shape index (κ1) is 17.4. The molecule has 1 aliphatic rings. The molecule has 2 aromatic rings. The van der Waals surface area contributed by atoms with Gasteiger partial charge in [-0.25, -0.2) is 4.39 Å². The summed E-state index contributed by atoms with van der Waals surface area (Å²) < 4.78 is 18.7. The molecular formula is C20H23FN2O2. The SMILES string of the molecule is COc1ccccc1C(=O)N1CCN(C(C)c2cccc(F)c2)CC1. The van der Waals surface area contributed by atoms with E-state index < -0.39 is 0 Å². The minimum absolute atomic E-state index is 0.00416. The van der Waals surface area contributed by atoms with Gasteiger partial charge < -0.3 is 9.64 Å². The number of hydrogen-bond donors (Lipinski definition) is 0. The number of methoxy groups -OCH3 is 1. The van der Waals surface area contributed by atoms with Crippen LogP contribution >= 0.6 is 0 Å². The summed E-state index contributed by atoms with van der Waals surface area (Å²) in [6, 6.07) is 14.1. The molecule has 0 bridgehead atoms. The van der Waals surface area contributed by atoms with Crippen molar-refractivity contribution in [3.63, 3.8) is 0 Å². The van der Waals surface area contributed by atoms with E-state index in [9.17, 15) is 9.18 Å². The first-order chi connectivity index (χ1) is 12.1. The van der Waals surface area contributed by atoms with E-state index in [-0.39, 0.29) is 17.8 Å². The van der Waals surface area contributed by atoms with E-state index in [4.69, 9.17) is 4.74 Å². The molecule has 1 amide bonds. The predicted molar refractivity (Wildman–Crippen MR) is 95.3 cm³/mol. The molecule has 5 heteroatoms. The standard InChI is InChI=1S/C20H23FN2O2/c1-15(16-6-5-7-17(21)14-16)22-10-12-23(13-11-22)20(24)18-8-3-4-9-19(18)25-2/h3-9,14-15H,10-13H2,1-2H3. The largest absolute Gasteiger partial charge is 0.496 e. The van der Waals surface area contributed by atoms with Crippen LogP contribution in [0.5, 0.6) is 5.75 Å². The lowest BCUT2D eigenvalue weighted by molar-refractivity contribution is 0.0579. The lowest BCUT2D eigenvalue weighted by atomic mass is 10.1. The third-order valence-corrected chi connectivity index (χ3v) is 4.82. The van der Waals surface area contributed by atoms with E-state index in [2.05, 4.69) is 11.8 Å². The van der Waals surface area contributed by atoms with Crippen LogP contribution in [0.15, 0.2) is 48.5 Å². The molecule has 1 unspecified atom stereocenters. The van der Waals surface area contributed by atoms with Gasteiger partial charge >= 0.3 is 0 Å². The fourth-order valence-electron chi connectivity index (χ4n) is 3.28. The average molecular weight is 342 g/mol. The Hall–Kier alpha value is -2.40. The quantitative estimate of drug-likeness (QED) is 0.854. The van der Waals surface area contributed by atoms with Gasteiger partial charge in [-0.2, -0.15) is 0 Å². The molecule has 0 spiro atoms. The highest BCUT2D eigenvalue weighted by Crippen LogP contribution is 2.24. The van der Waals surface area contributed by atoms with Crippen LogP contribution in [0.25, 0.3) is 0 Å². The highest BCUT2D eigenvalue weighted by Gasteiger charge is 2.26. The van der Waals surface area contributed by atoms with Gasteiger partial charge in [-0.1, -0.05) is 24.3 Å². The normalized spacial score (nSPS) is 16.5. The summed E-state index contributed by atoms with van der Waals surface area (Å²) in [5, 5.41) is 0. The number of carbonyl (C=O) groups excluding carboxylic acids is 1. The number of amides is 1. The summed E-state index contributed by atoms with van der Waals surface area (Å²) in [5.41, 5.74) is 1.56. The van der Waals surface area contributed by atoms with Crippen molar-refractivity contribution in [2.75, 3.05) is 33.3 Å². The second-order valence-electron chi connectivity index (χ2n) is 6.26. The van der Waals surface area contributed by atoms with Crippen LogP contribution in [0.1, 0.15) is 28.9 Å². The van der Waals surface area contributed by atoms with Gasteiger partial charge in [0.2, 0.25) is 0 Å². The molecule has 1 heterocycles. The van der Waals surface area contributed by atoms with Crippen LogP contribution in [0.3, 0.4) is 0 Å². The van der Waals surface area contributed by atoms with Crippen molar-refractivity contribution in [1.82, 2.24) is 9.80 Å². The predicted octanol–water partition coefficient (Wildman–Crippen LogP) is 3.35. The number of nitrogens with zero attached hydrogens (tertiary/aromatic N) is 2. The molecule has 132 valence electrons. The second kappa shape index (κ2) is 7.66. The van der Waals surface area contributed by atoms with E-state index in [1.54, 1.807) is 31.4 Å². The molecule has 1 atom stereocenters. The Labute approximate surface area is 147 Å². The van der Waals surface area contributed by atoms with Crippen molar-refractivity contribution >= 4 is 5.91 Å². The lowest BCUT2D eigenvalue weighted by Crippen LogP contribution is -2.49. The van der Waals surface area contributed by atoms with Crippen molar-refractivity contribution in [2.45, 2.75) is 13.0 Å². The number of para-hydroxylation sites is 1. The summed E-state index contributed by atoms with van der Waals surface area (Å²) in [6.45, 7) is 4.90. The molecule has 0 saturated carbocycles. The van der Waals surface area contributed by atoms with Crippen molar-refractivity contribution in [3.8, 4) is 5.75 Å². The third-order valence-electron chi connectivity index (χ3n) is 4.82. The van der Waals surface area contributed by atoms with Crippen LogP contribution in [0, 0.1) is 5.82 Å². The lowest BCUT2D eigenvalue weighted by Gasteiger charge is -2.38. The van der Waals surface area contributed by atoms with Crippen molar-refractivity contribution in [2.24, 2.45) is 0 Å². The van der Waals surface area contributed by atoms with Gasteiger partial charge in [0.25, 0.3) is 5.91 Å². The minimum atomic E-state index is -0.214. The van der Waals surface area contributed by atoms with E-state index in [1.807, 2.05) is 23.1 Å². The summed E-state index contributed by atoms with van der Waals surface area (Å²) >= 11 is 0. The number of rotatable bonds is 4. The molecule has 4 nitrogen and oxygen atoms in total. The zero-order valence-electron chi connectivity index (χ0n) is 14.6. The van der Waals surface area contributed by atoms with Crippen LogP contribution in [0.2, 0.25) is 0 Å². The zero-order valence-corrected chi connectivity index (χ0v) is 14.6. The Balaban J connectivity index is 1.64. The maximum Gasteiger partial charge on any atom is 0.257 e. The van der Waals surface area contributed by atoms with Gasteiger partial charge in [0.05, 0.1) is 12.7 Å². The number of halogens is 1. The van der Waals surface area contributed by atoms with E-state index in [1.165, 1.54) is 6.07 Å². The third kappa shape index (κ3) is 3.82. The van der Waals surface area contributed by atoms with Crippen LogP contribution in [0.4, 0.5) is 4.39 Å². The van der Waals surface area contributed by atoms with Crippen LogP contribution in [-0.2, 0) is 0 Å². The summed E-state index contributed by atoms with van der Waals surface area (Å²) in [4.78, 5) is 16.9. The average Bonchev–Trinajstić information content (AvgIpc) is 2.67. The molecule has 0 radical (unpaired) electrons. The summed E-state index contributed by atoms with van der Waals surface area (Å²) in [6.07, 6.45) is 0. The summed E-state index contributed by atoms with van der Waals surface area (Å²) in [7, 11) is 1.57. The molecule has 0 aliphatic carbocycles. The van der Waals surface area contributed by atoms with Gasteiger partial charge in [0, 0.05) is 32.2 Å². The van der Waals surface area contributed by atoms with Crippen LogP contribution < -0.4 is 4.74 Å². The molecular weight excluding hydrogens is 319 g/mol. The maximum atomic E-state index is 13.4. The Kier molecular flexibility index (Phi) is 5.34. The van der Waals surface area contributed by atoms with Crippen molar-refractivity contribution < 1.29 is 13.9 Å². The van der Waals surface area contributed by atoms with Gasteiger partial charge in [0.1, 0.15) is 11.6 Å². The van der Waals surface area contributed by atoms with Crippen LogP contribution in [-0.4, -0.2) is 49.0 Å². The number of piperazine rings is 1. The number of hydrogen-bond acceptors (Lipinski definition) is 3. The molecule has 0 N–H and O–H groups in total. The van der Waals surface area contributed by atoms with Gasteiger partial charge in [-0.15, -0.1) is 0 Å². The number of benzene rings is 2. The topological polar surface area (TPSA) is 32.8 Å². The fraction of sp³-hybridized carbons (Fsp3) is 0.350. The Morgan fingerprint density at radius 2 is 1.80 bits per heavy atom. The first-order valence-corrected chi connectivity index (χ1v) is 8.52. The molecule has 1 saturated heterocycles. The first-order valence-electron chi connectivity index (χ1n) is 8.52.